The lowest BCUT2D eigenvalue weighted by Crippen LogP contribution is -2.09. The van der Waals surface area contributed by atoms with E-state index in [0.29, 0.717) is 11.4 Å². The molecule has 0 unspecified atom stereocenters. The summed E-state index contributed by atoms with van der Waals surface area (Å²) in [4.78, 5) is 12.6. The van der Waals surface area contributed by atoms with Crippen LogP contribution in [0.4, 0.5) is 17.1 Å². The van der Waals surface area contributed by atoms with Crippen LogP contribution in [-0.4, -0.2) is 9.97 Å². The molecule has 3 aromatic heterocycles. The molecule has 0 N–H and O–H groups in total. The zero-order chi connectivity index (χ0) is 33.7. The molecule has 0 saturated heterocycles. The Hall–Kier alpha value is -6.98. The number of nitrogens with zero attached hydrogens (tertiary/aromatic N) is 3. The molecule has 5 heteroatoms. The summed E-state index contributed by atoms with van der Waals surface area (Å²) in [5, 5.41) is 2.93. The summed E-state index contributed by atoms with van der Waals surface area (Å²) in [5.74, 6) is 0.619. The molecular weight excluding hydrogens is 627 g/mol. The number of benzene rings is 7. The minimum Gasteiger partial charge on any atom is -0.456 e. The molecule has 0 radical (unpaired) electrons. The standard InChI is InChI=1S/C46H29N3O2/c1-4-14-30(15-5-1)32-18-12-21-34(28-32)49(33-19-8-3-9-20-33)35-26-27-36-41(29-35)50-40-25-13-23-38(42(36)40)46-47-43(31-16-6-2-7-17-31)45-44(48-46)37-22-10-11-24-39(37)51-45/h1-29H. The van der Waals surface area contributed by atoms with E-state index in [4.69, 9.17) is 18.8 Å². The Kier molecular flexibility index (Phi) is 6.74. The van der Waals surface area contributed by atoms with Gasteiger partial charge in [0, 0.05) is 50.4 Å². The predicted octanol–water partition coefficient (Wildman–Crippen LogP) is 12.7. The Labute approximate surface area is 293 Å². The molecule has 7 aromatic carbocycles. The van der Waals surface area contributed by atoms with Gasteiger partial charge in [-0.25, -0.2) is 9.97 Å². The van der Waals surface area contributed by atoms with Gasteiger partial charge >= 0.3 is 0 Å². The summed E-state index contributed by atoms with van der Waals surface area (Å²) in [6.45, 7) is 0. The highest BCUT2D eigenvalue weighted by Gasteiger charge is 2.22. The lowest BCUT2D eigenvalue weighted by molar-refractivity contribution is 0.667. The topological polar surface area (TPSA) is 55.3 Å². The molecule has 0 spiro atoms. The molecule has 0 aliphatic carbocycles. The number of hydrogen-bond donors (Lipinski definition) is 0. The van der Waals surface area contributed by atoms with Crippen molar-refractivity contribution in [3.63, 3.8) is 0 Å². The van der Waals surface area contributed by atoms with Crippen molar-refractivity contribution in [1.29, 1.82) is 0 Å². The molecular formula is C46H29N3O2. The van der Waals surface area contributed by atoms with Gasteiger partial charge in [-0.05, 0) is 65.7 Å². The summed E-state index contributed by atoms with van der Waals surface area (Å²) in [6, 6.07) is 60.3. The van der Waals surface area contributed by atoms with Gasteiger partial charge < -0.3 is 13.7 Å². The van der Waals surface area contributed by atoms with Gasteiger partial charge in [0.15, 0.2) is 11.4 Å². The van der Waals surface area contributed by atoms with Crippen LogP contribution in [0.1, 0.15) is 0 Å². The van der Waals surface area contributed by atoms with E-state index in [1.54, 1.807) is 0 Å². The first-order chi connectivity index (χ1) is 25.3. The number of anilines is 3. The fourth-order valence-corrected chi connectivity index (χ4v) is 7.12. The first kappa shape index (κ1) is 29.0. The smallest absolute Gasteiger partial charge is 0.180 e. The molecule has 0 aliphatic heterocycles. The Morgan fingerprint density at radius 3 is 1.88 bits per heavy atom. The summed E-state index contributed by atoms with van der Waals surface area (Å²) < 4.78 is 13.0. The molecule has 0 saturated carbocycles. The van der Waals surface area contributed by atoms with Crippen molar-refractivity contribution in [3.8, 4) is 33.8 Å². The van der Waals surface area contributed by atoms with Gasteiger partial charge in [0.05, 0.1) is 0 Å². The second kappa shape index (κ2) is 11.9. The molecule has 3 heterocycles. The Morgan fingerprint density at radius 2 is 1.06 bits per heavy atom. The van der Waals surface area contributed by atoms with Gasteiger partial charge in [0.25, 0.3) is 0 Å². The number of aromatic nitrogens is 2. The molecule has 10 rings (SSSR count). The zero-order valence-electron chi connectivity index (χ0n) is 27.4. The number of para-hydroxylation sites is 2. The van der Waals surface area contributed by atoms with Crippen LogP contribution in [0.15, 0.2) is 185 Å². The molecule has 10 aromatic rings. The average Bonchev–Trinajstić information content (AvgIpc) is 3.77. The van der Waals surface area contributed by atoms with Crippen LogP contribution in [0, 0.1) is 0 Å². The zero-order valence-corrected chi connectivity index (χ0v) is 27.4. The number of furan rings is 2. The third-order valence-electron chi connectivity index (χ3n) is 9.47. The van der Waals surface area contributed by atoms with Crippen LogP contribution in [0.25, 0.3) is 77.8 Å². The van der Waals surface area contributed by atoms with Gasteiger partial charge in [-0.15, -0.1) is 0 Å². The van der Waals surface area contributed by atoms with Crippen molar-refractivity contribution < 1.29 is 8.83 Å². The van der Waals surface area contributed by atoms with Crippen molar-refractivity contribution in [2.75, 3.05) is 4.90 Å². The van der Waals surface area contributed by atoms with Crippen LogP contribution in [0.5, 0.6) is 0 Å². The van der Waals surface area contributed by atoms with E-state index in [1.165, 1.54) is 5.56 Å². The fraction of sp³-hybridized carbons (Fsp3) is 0. The van der Waals surface area contributed by atoms with E-state index in [0.717, 1.165) is 77.9 Å². The first-order valence-electron chi connectivity index (χ1n) is 17.0. The Morgan fingerprint density at radius 1 is 0.412 bits per heavy atom. The first-order valence-corrected chi connectivity index (χ1v) is 17.0. The highest BCUT2D eigenvalue weighted by atomic mass is 16.3. The van der Waals surface area contributed by atoms with Crippen LogP contribution >= 0.6 is 0 Å². The van der Waals surface area contributed by atoms with Crippen molar-refractivity contribution in [2.24, 2.45) is 0 Å². The van der Waals surface area contributed by atoms with E-state index >= 15 is 0 Å². The Balaban J connectivity index is 1.15. The summed E-state index contributed by atoms with van der Waals surface area (Å²) in [7, 11) is 0. The monoisotopic (exact) mass is 655 g/mol. The third-order valence-corrected chi connectivity index (χ3v) is 9.47. The highest BCUT2D eigenvalue weighted by molar-refractivity contribution is 6.14. The van der Waals surface area contributed by atoms with Crippen LogP contribution in [0.2, 0.25) is 0 Å². The van der Waals surface area contributed by atoms with Crippen molar-refractivity contribution in [2.45, 2.75) is 0 Å². The van der Waals surface area contributed by atoms with E-state index in [2.05, 4.69) is 120 Å². The minimum atomic E-state index is 0.619. The fourth-order valence-electron chi connectivity index (χ4n) is 7.12. The largest absolute Gasteiger partial charge is 0.456 e. The summed E-state index contributed by atoms with van der Waals surface area (Å²) >= 11 is 0. The minimum absolute atomic E-state index is 0.619. The van der Waals surface area contributed by atoms with E-state index < -0.39 is 0 Å². The molecule has 0 atom stereocenters. The van der Waals surface area contributed by atoms with Gasteiger partial charge in [-0.3, -0.25) is 0 Å². The number of hydrogen-bond acceptors (Lipinski definition) is 5. The van der Waals surface area contributed by atoms with Crippen molar-refractivity contribution >= 4 is 61.1 Å². The highest BCUT2D eigenvalue weighted by Crippen LogP contribution is 2.42. The summed E-state index contributed by atoms with van der Waals surface area (Å²) in [6.07, 6.45) is 0. The van der Waals surface area contributed by atoms with E-state index in [-0.39, 0.29) is 0 Å². The molecule has 240 valence electrons. The molecule has 51 heavy (non-hydrogen) atoms. The maximum Gasteiger partial charge on any atom is 0.180 e. The Bertz CT molecular complexity index is 2860. The maximum absolute atomic E-state index is 6.63. The molecule has 0 fully saturated rings. The normalized spacial score (nSPS) is 11.5. The van der Waals surface area contributed by atoms with Gasteiger partial charge in [0.1, 0.15) is 28.0 Å². The van der Waals surface area contributed by atoms with Gasteiger partial charge in [-0.1, -0.05) is 115 Å². The maximum atomic E-state index is 6.63. The number of rotatable bonds is 6. The SMILES string of the molecule is c1ccc(-c2cccc(N(c3ccccc3)c3ccc4c(c3)oc3cccc(-c5nc(-c6ccccc6)c6oc7ccccc7c6n5)c34)c2)cc1. The van der Waals surface area contributed by atoms with E-state index in [1.807, 2.05) is 60.7 Å². The van der Waals surface area contributed by atoms with Crippen molar-refractivity contribution in [3.05, 3.63) is 176 Å². The van der Waals surface area contributed by atoms with Crippen LogP contribution in [0.3, 0.4) is 0 Å². The second-order valence-corrected chi connectivity index (χ2v) is 12.6. The van der Waals surface area contributed by atoms with Crippen LogP contribution < -0.4 is 4.90 Å². The third kappa shape index (κ3) is 4.94. The molecule has 5 nitrogen and oxygen atoms in total. The van der Waals surface area contributed by atoms with E-state index in [9.17, 15) is 0 Å². The lowest BCUT2D eigenvalue weighted by Gasteiger charge is -2.26. The number of fused-ring (bicyclic) bond motifs is 6. The molecule has 0 bridgehead atoms. The average molecular weight is 656 g/mol. The quantitative estimate of drug-likeness (QED) is 0.178. The van der Waals surface area contributed by atoms with Gasteiger partial charge in [-0.2, -0.15) is 0 Å². The lowest BCUT2D eigenvalue weighted by atomic mass is 10.0. The van der Waals surface area contributed by atoms with Crippen LogP contribution in [-0.2, 0) is 0 Å². The molecule has 0 aliphatic rings. The summed E-state index contributed by atoms with van der Waals surface area (Å²) in [5.41, 5.74) is 11.9. The van der Waals surface area contributed by atoms with Gasteiger partial charge in [0.2, 0.25) is 0 Å². The second-order valence-electron chi connectivity index (χ2n) is 12.6. The molecule has 0 amide bonds. The van der Waals surface area contributed by atoms with Crippen molar-refractivity contribution in [1.82, 2.24) is 9.97 Å². The predicted molar refractivity (Wildman–Crippen MR) is 208 cm³/mol.